The first-order valence-corrected chi connectivity index (χ1v) is 6.01. The van der Waals surface area contributed by atoms with Crippen molar-refractivity contribution in [3.63, 3.8) is 0 Å². The number of nitrogens with zero attached hydrogens (tertiary/aromatic N) is 2. The average Bonchev–Trinajstić information content (AvgIpc) is 2.81. The van der Waals surface area contributed by atoms with E-state index >= 15 is 0 Å². The second-order valence-corrected chi connectivity index (χ2v) is 4.55. The third-order valence-corrected chi connectivity index (χ3v) is 3.15. The minimum Gasteiger partial charge on any atom is -0.316 e. The summed E-state index contributed by atoms with van der Waals surface area (Å²) >= 11 is 7.10. The van der Waals surface area contributed by atoms with Crippen LogP contribution in [0.2, 0.25) is 5.15 Å². The van der Waals surface area contributed by atoms with Gasteiger partial charge in [0.05, 0.1) is 0 Å². The summed E-state index contributed by atoms with van der Waals surface area (Å²) in [6.07, 6.45) is 1.46. The first kappa shape index (κ1) is 12.0. The summed E-state index contributed by atoms with van der Waals surface area (Å²) in [5.74, 6) is -0.218. The van der Waals surface area contributed by atoms with Crippen molar-refractivity contribution in [2.75, 3.05) is 5.32 Å². The van der Waals surface area contributed by atoms with Crippen molar-refractivity contribution in [3.8, 4) is 0 Å². The summed E-state index contributed by atoms with van der Waals surface area (Å²) in [6.45, 7) is 0. The van der Waals surface area contributed by atoms with E-state index in [1.165, 1.54) is 23.6 Å². The first-order valence-electron chi connectivity index (χ1n) is 4.75. The number of rotatable bonds is 3. The molecular weight excluding hydrogens is 260 g/mol. The van der Waals surface area contributed by atoms with Crippen LogP contribution < -0.4 is 11.1 Å². The van der Waals surface area contributed by atoms with Crippen LogP contribution in [0.15, 0.2) is 29.8 Å². The molecule has 0 saturated heterocycles. The Labute approximate surface area is 107 Å². The molecule has 0 bridgehead atoms. The highest BCUT2D eigenvalue weighted by atomic mass is 35.5. The Morgan fingerprint density at radius 2 is 2.35 bits per heavy atom. The SMILES string of the molecule is NC(C(=O)Nc1nccc(Cl)n1)c1cccs1. The zero-order chi connectivity index (χ0) is 12.3. The predicted molar refractivity (Wildman–Crippen MR) is 66.9 cm³/mol. The van der Waals surface area contributed by atoms with Crippen LogP contribution in [0.5, 0.6) is 0 Å². The minimum atomic E-state index is -0.724. The van der Waals surface area contributed by atoms with Gasteiger partial charge >= 0.3 is 0 Å². The van der Waals surface area contributed by atoms with E-state index < -0.39 is 6.04 Å². The molecule has 1 atom stereocenters. The number of hydrogen-bond acceptors (Lipinski definition) is 5. The molecule has 0 aliphatic carbocycles. The van der Waals surface area contributed by atoms with Gasteiger partial charge in [-0.05, 0) is 17.5 Å². The van der Waals surface area contributed by atoms with Gasteiger partial charge in [0.25, 0.3) is 0 Å². The highest BCUT2D eigenvalue weighted by Gasteiger charge is 2.17. The van der Waals surface area contributed by atoms with Crippen molar-refractivity contribution < 1.29 is 4.79 Å². The van der Waals surface area contributed by atoms with E-state index in [1.807, 2.05) is 11.4 Å². The molecule has 0 aromatic carbocycles. The van der Waals surface area contributed by atoms with Crippen molar-refractivity contribution in [2.24, 2.45) is 5.73 Å². The molecule has 1 amide bonds. The lowest BCUT2D eigenvalue weighted by Crippen LogP contribution is -2.27. The summed E-state index contributed by atoms with van der Waals surface area (Å²) in [5, 5.41) is 4.63. The Balaban J connectivity index is 2.07. The second kappa shape index (κ2) is 5.22. The van der Waals surface area contributed by atoms with Gasteiger partial charge in [0.2, 0.25) is 11.9 Å². The van der Waals surface area contributed by atoms with Crippen LogP contribution in [0.3, 0.4) is 0 Å². The maximum atomic E-state index is 11.8. The lowest BCUT2D eigenvalue weighted by atomic mass is 10.2. The number of nitrogens with one attached hydrogen (secondary N) is 1. The molecule has 0 radical (unpaired) electrons. The van der Waals surface area contributed by atoms with Gasteiger partial charge in [-0.1, -0.05) is 17.7 Å². The van der Waals surface area contributed by atoms with Crippen LogP contribution in [0.1, 0.15) is 10.9 Å². The van der Waals surface area contributed by atoms with E-state index in [4.69, 9.17) is 17.3 Å². The lowest BCUT2D eigenvalue weighted by Gasteiger charge is -2.09. The third-order valence-electron chi connectivity index (χ3n) is 1.99. The van der Waals surface area contributed by atoms with Gasteiger partial charge in [-0.3, -0.25) is 10.1 Å². The number of halogens is 1. The lowest BCUT2D eigenvalue weighted by molar-refractivity contribution is -0.117. The van der Waals surface area contributed by atoms with E-state index in [0.717, 1.165) is 4.88 Å². The molecule has 0 aliphatic rings. The van der Waals surface area contributed by atoms with Gasteiger partial charge in [-0.2, -0.15) is 0 Å². The van der Waals surface area contributed by atoms with Gasteiger partial charge in [-0.25, -0.2) is 9.97 Å². The van der Waals surface area contributed by atoms with Crippen molar-refractivity contribution in [3.05, 3.63) is 39.8 Å². The van der Waals surface area contributed by atoms with Crippen molar-refractivity contribution in [1.82, 2.24) is 9.97 Å². The number of aromatic nitrogens is 2. The standard InChI is InChI=1S/C10H9ClN4OS/c11-7-3-4-13-10(14-7)15-9(16)8(12)6-2-1-5-17-6/h1-5,8H,12H2,(H,13,14,15,16). The van der Waals surface area contributed by atoms with E-state index in [2.05, 4.69) is 15.3 Å². The molecule has 2 heterocycles. The summed E-state index contributed by atoms with van der Waals surface area (Å²) in [7, 11) is 0. The molecule has 88 valence electrons. The van der Waals surface area contributed by atoms with Crippen molar-refractivity contribution >= 4 is 34.8 Å². The largest absolute Gasteiger partial charge is 0.316 e. The number of hydrogen-bond donors (Lipinski definition) is 2. The maximum absolute atomic E-state index is 11.8. The van der Waals surface area contributed by atoms with Crippen LogP contribution in [0.25, 0.3) is 0 Å². The molecule has 2 aromatic rings. The smallest absolute Gasteiger partial charge is 0.249 e. The molecule has 2 aromatic heterocycles. The van der Waals surface area contributed by atoms with E-state index in [-0.39, 0.29) is 17.0 Å². The molecule has 0 spiro atoms. The number of carbonyl (C=O) groups excluding carboxylic acids is 1. The van der Waals surface area contributed by atoms with Gasteiger partial charge in [-0.15, -0.1) is 11.3 Å². The molecule has 5 nitrogen and oxygen atoms in total. The summed E-state index contributed by atoms with van der Waals surface area (Å²) in [5.41, 5.74) is 5.78. The zero-order valence-corrected chi connectivity index (χ0v) is 10.2. The fraction of sp³-hybridized carbons (Fsp3) is 0.100. The minimum absolute atomic E-state index is 0.148. The fourth-order valence-electron chi connectivity index (χ4n) is 1.18. The number of amides is 1. The number of thiophene rings is 1. The monoisotopic (exact) mass is 268 g/mol. The fourth-order valence-corrected chi connectivity index (χ4v) is 2.04. The zero-order valence-electron chi connectivity index (χ0n) is 8.63. The number of carbonyl (C=O) groups is 1. The Morgan fingerprint density at radius 1 is 1.53 bits per heavy atom. The molecule has 3 N–H and O–H groups in total. The Morgan fingerprint density at radius 3 is 3.00 bits per heavy atom. The van der Waals surface area contributed by atoms with Gasteiger partial charge < -0.3 is 5.73 Å². The van der Waals surface area contributed by atoms with E-state index in [0.29, 0.717) is 0 Å². The van der Waals surface area contributed by atoms with E-state index in [1.54, 1.807) is 6.07 Å². The highest BCUT2D eigenvalue weighted by molar-refractivity contribution is 7.10. The second-order valence-electron chi connectivity index (χ2n) is 3.19. The van der Waals surface area contributed by atoms with Gasteiger partial charge in [0, 0.05) is 11.1 Å². The number of nitrogens with two attached hydrogens (primary N) is 1. The molecule has 0 aliphatic heterocycles. The normalized spacial score (nSPS) is 12.1. The molecular formula is C10H9ClN4OS. The topological polar surface area (TPSA) is 80.9 Å². The highest BCUT2D eigenvalue weighted by Crippen LogP contribution is 2.18. The molecule has 17 heavy (non-hydrogen) atoms. The molecule has 7 heteroatoms. The Kier molecular flexibility index (Phi) is 3.68. The first-order chi connectivity index (χ1) is 8.16. The Bertz CT molecular complexity index is 517. The van der Waals surface area contributed by atoms with Gasteiger partial charge in [0.15, 0.2) is 0 Å². The average molecular weight is 269 g/mol. The number of anilines is 1. The molecule has 0 saturated carbocycles. The summed E-state index contributed by atoms with van der Waals surface area (Å²) in [6, 6.07) is 4.44. The molecule has 0 fully saturated rings. The van der Waals surface area contributed by atoms with Crippen LogP contribution >= 0.6 is 22.9 Å². The molecule has 2 rings (SSSR count). The maximum Gasteiger partial charge on any atom is 0.249 e. The van der Waals surface area contributed by atoms with Crippen LogP contribution in [-0.2, 0) is 4.79 Å². The van der Waals surface area contributed by atoms with Crippen molar-refractivity contribution in [2.45, 2.75) is 6.04 Å². The summed E-state index contributed by atoms with van der Waals surface area (Å²) < 4.78 is 0. The molecule has 1 unspecified atom stereocenters. The van der Waals surface area contributed by atoms with Gasteiger partial charge in [0.1, 0.15) is 11.2 Å². The van der Waals surface area contributed by atoms with Crippen LogP contribution in [0.4, 0.5) is 5.95 Å². The quantitative estimate of drug-likeness (QED) is 0.832. The van der Waals surface area contributed by atoms with Crippen molar-refractivity contribution in [1.29, 1.82) is 0 Å². The van der Waals surface area contributed by atoms with Crippen LogP contribution in [-0.4, -0.2) is 15.9 Å². The Hall–Kier alpha value is -1.50. The predicted octanol–water partition coefficient (Wildman–Crippen LogP) is 1.83. The third kappa shape index (κ3) is 3.00. The van der Waals surface area contributed by atoms with Crippen LogP contribution in [0, 0.1) is 0 Å². The van der Waals surface area contributed by atoms with E-state index in [9.17, 15) is 4.79 Å². The summed E-state index contributed by atoms with van der Waals surface area (Å²) in [4.78, 5) is 20.3.